The first kappa shape index (κ1) is 23.5. The van der Waals surface area contributed by atoms with Crippen molar-refractivity contribution in [2.24, 2.45) is 10.9 Å². The summed E-state index contributed by atoms with van der Waals surface area (Å²) in [6.07, 6.45) is 0.932. The van der Waals surface area contributed by atoms with E-state index < -0.39 is 0 Å². The summed E-state index contributed by atoms with van der Waals surface area (Å²) in [6, 6.07) is 6.03. The highest BCUT2D eigenvalue weighted by Crippen LogP contribution is 2.22. The SMILES string of the molecule is CCNC(=NCc1ccc(Br)cc1Cl)NC1CCN(C(=O)C(C)C)C1.I. The lowest BCUT2D eigenvalue weighted by Crippen LogP contribution is -2.45. The molecule has 1 aromatic rings. The smallest absolute Gasteiger partial charge is 0.225 e. The van der Waals surface area contributed by atoms with E-state index in [-0.39, 0.29) is 41.8 Å². The number of nitrogens with zero attached hydrogens (tertiary/aromatic N) is 2. The van der Waals surface area contributed by atoms with Gasteiger partial charge >= 0.3 is 0 Å². The molecule has 0 aliphatic carbocycles. The van der Waals surface area contributed by atoms with Crippen molar-refractivity contribution in [3.8, 4) is 0 Å². The monoisotopic (exact) mass is 556 g/mol. The van der Waals surface area contributed by atoms with Gasteiger partial charge in [-0.25, -0.2) is 4.99 Å². The van der Waals surface area contributed by atoms with Gasteiger partial charge in [-0.15, -0.1) is 24.0 Å². The second-order valence-electron chi connectivity index (χ2n) is 6.50. The number of aliphatic imine (C=N–C) groups is 1. The molecule has 1 fully saturated rings. The van der Waals surface area contributed by atoms with Gasteiger partial charge in [0.25, 0.3) is 0 Å². The van der Waals surface area contributed by atoms with Gasteiger partial charge in [-0.2, -0.15) is 0 Å². The molecular weight excluding hydrogens is 530 g/mol. The van der Waals surface area contributed by atoms with Gasteiger partial charge in [0, 0.05) is 41.1 Å². The van der Waals surface area contributed by atoms with Crippen molar-refractivity contribution >= 4 is 63.4 Å². The lowest BCUT2D eigenvalue weighted by Gasteiger charge is -2.20. The zero-order valence-corrected chi connectivity index (χ0v) is 20.1. The molecule has 2 N–H and O–H groups in total. The largest absolute Gasteiger partial charge is 0.357 e. The quantitative estimate of drug-likeness (QED) is 0.327. The van der Waals surface area contributed by atoms with Crippen LogP contribution >= 0.6 is 51.5 Å². The number of hydrogen-bond donors (Lipinski definition) is 2. The van der Waals surface area contributed by atoms with E-state index in [1.165, 1.54) is 0 Å². The number of benzene rings is 1. The van der Waals surface area contributed by atoms with Gasteiger partial charge in [-0.1, -0.05) is 47.4 Å². The number of guanidine groups is 1. The number of halogens is 3. The fourth-order valence-corrected chi connectivity index (χ4v) is 3.50. The number of amides is 1. The molecule has 0 aromatic heterocycles. The van der Waals surface area contributed by atoms with Crippen LogP contribution in [-0.4, -0.2) is 42.4 Å². The maximum atomic E-state index is 12.1. The van der Waals surface area contributed by atoms with Gasteiger partial charge in [0.05, 0.1) is 6.54 Å². The normalized spacial score (nSPS) is 17.2. The van der Waals surface area contributed by atoms with Gasteiger partial charge in [-0.05, 0) is 31.0 Å². The highest BCUT2D eigenvalue weighted by molar-refractivity contribution is 14.0. The Balaban J connectivity index is 0.00000338. The maximum Gasteiger partial charge on any atom is 0.225 e. The van der Waals surface area contributed by atoms with Gasteiger partial charge in [0.15, 0.2) is 5.96 Å². The highest BCUT2D eigenvalue weighted by Gasteiger charge is 2.27. The summed E-state index contributed by atoms with van der Waals surface area (Å²) in [4.78, 5) is 18.7. The second-order valence-corrected chi connectivity index (χ2v) is 7.82. The average Bonchev–Trinajstić information content (AvgIpc) is 3.01. The molecule has 1 atom stereocenters. The molecule has 0 saturated carbocycles. The second kappa shape index (κ2) is 11.3. The van der Waals surface area contributed by atoms with E-state index in [2.05, 4.69) is 31.6 Å². The van der Waals surface area contributed by atoms with Crippen molar-refractivity contribution in [3.63, 3.8) is 0 Å². The Bertz CT molecular complexity index is 642. The van der Waals surface area contributed by atoms with E-state index in [1.807, 2.05) is 43.9 Å². The third-order valence-electron chi connectivity index (χ3n) is 4.10. The Hall–Kier alpha value is -0.540. The Morgan fingerprint density at radius 2 is 2.19 bits per heavy atom. The zero-order valence-electron chi connectivity index (χ0n) is 15.4. The highest BCUT2D eigenvalue weighted by atomic mass is 127. The molecule has 1 aromatic carbocycles. The predicted molar refractivity (Wildman–Crippen MR) is 122 cm³/mol. The molecule has 0 radical (unpaired) electrons. The lowest BCUT2D eigenvalue weighted by molar-refractivity contribution is -0.133. The Morgan fingerprint density at radius 1 is 1.46 bits per heavy atom. The van der Waals surface area contributed by atoms with Crippen molar-refractivity contribution in [1.29, 1.82) is 0 Å². The number of rotatable bonds is 5. The fraction of sp³-hybridized carbons (Fsp3) is 0.556. The van der Waals surface area contributed by atoms with Crippen LogP contribution in [0.5, 0.6) is 0 Å². The lowest BCUT2D eigenvalue weighted by atomic mass is 10.2. The van der Waals surface area contributed by atoms with Gasteiger partial charge in [-0.3, -0.25) is 4.79 Å². The fourth-order valence-electron chi connectivity index (χ4n) is 2.77. The molecular formula is C18H27BrClIN4O. The molecule has 1 amide bonds. The number of hydrogen-bond acceptors (Lipinski definition) is 2. The molecule has 5 nitrogen and oxygen atoms in total. The van der Waals surface area contributed by atoms with Gasteiger partial charge in [0.2, 0.25) is 5.91 Å². The van der Waals surface area contributed by atoms with E-state index in [9.17, 15) is 4.79 Å². The predicted octanol–water partition coefficient (Wildman–Crippen LogP) is 4.03. The summed E-state index contributed by atoms with van der Waals surface area (Å²) in [5.41, 5.74) is 0.977. The maximum absolute atomic E-state index is 12.1. The molecule has 146 valence electrons. The van der Waals surface area contributed by atoms with E-state index in [0.717, 1.165) is 42.1 Å². The van der Waals surface area contributed by atoms with E-state index in [4.69, 9.17) is 11.6 Å². The number of carbonyl (C=O) groups excluding carboxylic acids is 1. The molecule has 2 rings (SSSR count). The van der Waals surface area contributed by atoms with E-state index in [0.29, 0.717) is 11.6 Å². The molecule has 8 heteroatoms. The minimum atomic E-state index is 0. The summed E-state index contributed by atoms with van der Waals surface area (Å²) >= 11 is 9.67. The first-order valence-electron chi connectivity index (χ1n) is 8.68. The van der Waals surface area contributed by atoms with Crippen LogP contribution in [0.2, 0.25) is 5.02 Å². The van der Waals surface area contributed by atoms with Crippen LogP contribution in [0.1, 0.15) is 32.8 Å². The molecule has 1 heterocycles. The van der Waals surface area contributed by atoms with Crippen LogP contribution in [0.3, 0.4) is 0 Å². The van der Waals surface area contributed by atoms with Gasteiger partial charge in [0.1, 0.15) is 0 Å². The van der Waals surface area contributed by atoms with Crippen LogP contribution < -0.4 is 10.6 Å². The minimum Gasteiger partial charge on any atom is -0.357 e. The third kappa shape index (κ3) is 6.88. The minimum absolute atomic E-state index is 0. The third-order valence-corrected chi connectivity index (χ3v) is 4.95. The van der Waals surface area contributed by atoms with Crippen molar-refractivity contribution in [2.45, 2.75) is 39.8 Å². The van der Waals surface area contributed by atoms with Crippen molar-refractivity contribution < 1.29 is 4.79 Å². The van der Waals surface area contributed by atoms with Crippen LogP contribution in [0, 0.1) is 5.92 Å². The standard InChI is InChI=1S/C18H26BrClN4O.HI/c1-4-21-18(22-10-13-5-6-14(19)9-16(13)20)23-15-7-8-24(11-15)17(25)12(2)3;/h5-6,9,12,15H,4,7-8,10-11H2,1-3H3,(H2,21,22,23);1H. The molecule has 0 bridgehead atoms. The molecule has 26 heavy (non-hydrogen) atoms. The summed E-state index contributed by atoms with van der Waals surface area (Å²) in [5.74, 6) is 1.01. The van der Waals surface area contributed by atoms with Crippen LogP contribution in [-0.2, 0) is 11.3 Å². The molecule has 1 unspecified atom stereocenters. The van der Waals surface area contributed by atoms with Crippen LogP contribution in [0.4, 0.5) is 0 Å². The van der Waals surface area contributed by atoms with Gasteiger partial charge < -0.3 is 15.5 Å². The Kier molecular flexibility index (Phi) is 10.2. The van der Waals surface area contributed by atoms with Crippen molar-refractivity contribution in [1.82, 2.24) is 15.5 Å². The summed E-state index contributed by atoms with van der Waals surface area (Å²) in [6.45, 7) is 8.72. The topological polar surface area (TPSA) is 56.7 Å². The molecule has 1 aliphatic heterocycles. The first-order valence-corrected chi connectivity index (χ1v) is 9.85. The van der Waals surface area contributed by atoms with E-state index in [1.54, 1.807) is 0 Å². The summed E-state index contributed by atoms with van der Waals surface area (Å²) in [5, 5.41) is 7.39. The molecule has 0 spiro atoms. The summed E-state index contributed by atoms with van der Waals surface area (Å²) < 4.78 is 0.955. The first-order chi connectivity index (χ1) is 11.9. The zero-order chi connectivity index (χ0) is 18.4. The van der Waals surface area contributed by atoms with Crippen LogP contribution in [0.15, 0.2) is 27.7 Å². The Morgan fingerprint density at radius 3 is 2.81 bits per heavy atom. The number of carbonyl (C=O) groups is 1. The van der Waals surface area contributed by atoms with E-state index >= 15 is 0 Å². The van der Waals surface area contributed by atoms with Crippen LogP contribution in [0.25, 0.3) is 0 Å². The number of likely N-dealkylation sites (tertiary alicyclic amines) is 1. The number of nitrogens with one attached hydrogen (secondary N) is 2. The molecule has 1 saturated heterocycles. The van der Waals surface area contributed by atoms with Crippen molar-refractivity contribution in [3.05, 3.63) is 33.3 Å². The Labute approximate surface area is 186 Å². The average molecular weight is 558 g/mol. The summed E-state index contributed by atoms with van der Waals surface area (Å²) in [7, 11) is 0. The van der Waals surface area contributed by atoms with Crippen molar-refractivity contribution in [2.75, 3.05) is 19.6 Å². The molecule has 1 aliphatic rings.